The van der Waals surface area contributed by atoms with Crippen LogP contribution in [0, 0.1) is 0 Å². The molecule has 0 atom stereocenters. The molecule has 0 unspecified atom stereocenters. The highest BCUT2D eigenvalue weighted by atomic mass is 19.3. The van der Waals surface area contributed by atoms with Gasteiger partial charge in [0.2, 0.25) is 5.91 Å². The first-order valence-electron chi connectivity index (χ1n) is 6.75. The first kappa shape index (κ1) is 16.5. The molecule has 4 nitrogen and oxygen atoms in total. The Bertz CT molecular complexity index is 684. The van der Waals surface area contributed by atoms with Crippen molar-refractivity contribution in [3.63, 3.8) is 0 Å². The van der Waals surface area contributed by atoms with Crippen molar-refractivity contribution in [1.82, 2.24) is 0 Å². The molecule has 0 saturated carbocycles. The Morgan fingerprint density at radius 1 is 1.13 bits per heavy atom. The lowest BCUT2D eigenvalue weighted by Crippen LogP contribution is -2.08. The highest BCUT2D eigenvalue weighted by Crippen LogP contribution is 2.23. The molecule has 0 heterocycles. The van der Waals surface area contributed by atoms with E-state index >= 15 is 0 Å². The molecule has 1 N–H and O–H groups in total. The van der Waals surface area contributed by atoms with Gasteiger partial charge in [-0.2, -0.15) is 8.78 Å². The van der Waals surface area contributed by atoms with E-state index in [1.807, 2.05) is 0 Å². The molecule has 1 amide bonds. The number of halogens is 2. The molecule has 0 spiro atoms. The summed E-state index contributed by atoms with van der Waals surface area (Å²) in [5, 5.41) is 2.69. The van der Waals surface area contributed by atoms with Gasteiger partial charge in [-0.3, -0.25) is 4.79 Å². The quantitative estimate of drug-likeness (QED) is 0.820. The standard InChI is InChI=1S/C17H15F2NO3/c1-22-15-5-3-2-4-14(15)20-16(21)11-8-12-6-9-13(10-7-12)23-17(18)19/h2-11,17H,1H3,(H,20,21)/b11-8+. The predicted molar refractivity (Wildman–Crippen MR) is 83.7 cm³/mol. The maximum atomic E-state index is 12.0. The highest BCUT2D eigenvalue weighted by Gasteiger charge is 2.05. The maximum absolute atomic E-state index is 12.0. The number of ether oxygens (including phenoxy) is 2. The van der Waals surface area contributed by atoms with E-state index in [4.69, 9.17) is 4.74 Å². The summed E-state index contributed by atoms with van der Waals surface area (Å²) in [6.45, 7) is -2.86. The fraction of sp³-hybridized carbons (Fsp3) is 0.118. The van der Waals surface area contributed by atoms with Crippen LogP contribution in [0.25, 0.3) is 6.08 Å². The lowest BCUT2D eigenvalue weighted by molar-refractivity contribution is -0.111. The fourth-order valence-corrected chi connectivity index (χ4v) is 1.85. The van der Waals surface area contributed by atoms with Crippen molar-refractivity contribution in [3.05, 3.63) is 60.2 Å². The Hall–Kier alpha value is -2.89. The molecule has 0 aliphatic carbocycles. The molecule has 0 aliphatic rings. The van der Waals surface area contributed by atoms with Gasteiger partial charge in [0.05, 0.1) is 12.8 Å². The molecule has 2 aromatic rings. The van der Waals surface area contributed by atoms with Crippen LogP contribution in [0.1, 0.15) is 5.56 Å². The van der Waals surface area contributed by atoms with Gasteiger partial charge in [0.25, 0.3) is 0 Å². The number of amides is 1. The van der Waals surface area contributed by atoms with Gasteiger partial charge in [0.15, 0.2) is 0 Å². The molecular weight excluding hydrogens is 304 g/mol. The topological polar surface area (TPSA) is 47.6 Å². The molecule has 0 saturated heterocycles. The number of methoxy groups -OCH3 is 1. The van der Waals surface area contributed by atoms with Gasteiger partial charge in [-0.15, -0.1) is 0 Å². The molecule has 0 aliphatic heterocycles. The SMILES string of the molecule is COc1ccccc1NC(=O)/C=C/c1ccc(OC(F)F)cc1. The van der Waals surface area contributed by atoms with Crippen molar-refractivity contribution in [2.45, 2.75) is 6.61 Å². The zero-order chi connectivity index (χ0) is 16.7. The Labute approximate surface area is 132 Å². The van der Waals surface area contributed by atoms with Crippen molar-refractivity contribution in [2.24, 2.45) is 0 Å². The second kappa shape index (κ2) is 7.93. The third-order valence-electron chi connectivity index (χ3n) is 2.90. The minimum Gasteiger partial charge on any atom is -0.495 e. The number of nitrogens with one attached hydrogen (secondary N) is 1. The Kier molecular flexibility index (Phi) is 5.68. The molecule has 120 valence electrons. The fourth-order valence-electron chi connectivity index (χ4n) is 1.85. The number of hydrogen-bond donors (Lipinski definition) is 1. The van der Waals surface area contributed by atoms with Crippen LogP contribution < -0.4 is 14.8 Å². The summed E-state index contributed by atoms with van der Waals surface area (Å²) in [5.74, 6) is 0.292. The van der Waals surface area contributed by atoms with E-state index in [1.54, 1.807) is 42.5 Å². The lowest BCUT2D eigenvalue weighted by atomic mass is 10.2. The summed E-state index contributed by atoms with van der Waals surface area (Å²) >= 11 is 0. The normalized spacial score (nSPS) is 10.8. The molecule has 0 fully saturated rings. The molecule has 6 heteroatoms. The second-order valence-electron chi connectivity index (χ2n) is 4.47. The first-order valence-corrected chi connectivity index (χ1v) is 6.75. The van der Waals surface area contributed by atoms with E-state index in [0.29, 0.717) is 17.0 Å². The summed E-state index contributed by atoms with van der Waals surface area (Å²) in [7, 11) is 1.52. The van der Waals surface area contributed by atoms with E-state index < -0.39 is 6.61 Å². The van der Waals surface area contributed by atoms with Crippen molar-refractivity contribution in [1.29, 1.82) is 0 Å². The van der Waals surface area contributed by atoms with Crippen LogP contribution in [0.4, 0.5) is 14.5 Å². The highest BCUT2D eigenvalue weighted by molar-refractivity contribution is 6.02. The molecular formula is C17H15F2NO3. The average Bonchev–Trinajstić information content (AvgIpc) is 2.54. The van der Waals surface area contributed by atoms with E-state index in [9.17, 15) is 13.6 Å². The molecule has 0 aromatic heterocycles. The molecule has 0 bridgehead atoms. The van der Waals surface area contributed by atoms with Gasteiger partial charge >= 0.3 is 6.61 Å². The minimum atomic E-state index is -2.86. The van der Waals surface area contributed by atoms with Crippen LogP contribution in [0.15, 0.2) is 54.6 Å². The van der Waals surface area contributed by atoms with Gasteiger partial charge in [-0.25, -0.2) is 0 Å². The monoisotopic (exact) mass is 319 g/mol. The largest absolute Gasteiger partial charge is 0.495 e. The van der Waals surface area contributed by atoms with Crippen LogP contribution >= 0.6 is 0 Å². The summed E-state index contributed by atoms with van der Waals surface area (Å²) < 4.78 is 33.5. The van der Waals surface area contributed by atoms with Crippen LogP contribution in [-0.2, 0) is 4.79 Å². The zero-order valence-corrected chi connectivity index (χ0v) is 12.3. The Morgan fingerprint density at radius 2 is 1.83 bits per heavy atom. The molecule has 2 rings (SSSR count). The van der Waals surface area contributed by atoms with Crippen molar-refractivity contribution in [2.75, 3.05) is 12.4 Å². The molecule has 23 heavy (non-hydrogen) atoms. The number of para-hydroxylation sites is 2. The summed E-state index contributed by atoms with van der Waals surface area (Å²) in [5.41, 5.74) is 1.24. The number of rotatable bonds is 6. The third-order valence-corrected chi connectivity index (χ3v) is 2.90. The number of hydrogen-bond acceptors (Lipinski definition) is 3. The van der Waals surface area contributed by atoms with Crippen molar-refractivity contribution in [3.8, 4) is 11.5 Å². The first-order chi connectivity index (χ1) is 11.1. The van der Waals surface area contributed by atoms with Gasteiger partial charge in [0.1, 0.15) is 11.5 Å². The second-order valence-corrected chi connectivity index (χ2v) is 4.47. The van der Waals surface area contributed by atoms with Crippen LogP contribution in [0.2, 0.25) is 0 Å². The number of carbonyl (C=O) groups is 1. The minimum absolute atomic E-state index is 0.0654. The lowest BCUT2D eigenvalue weighted by Gasteiger charge is -2.07. The number of benzene rings is 2. The zero-order valence-electron chi connectivity index (χ0n) is 12.3. The predicted octanol–water partition coefficient (Wildman–Crippen LogP) is 3.95. The van der Waals surface area contributed by atoms with E-state index in [-0.39, 0.29) is 11.7 Å². The van der Waals surface area contributed by atoms with Crippen LogP contribution in [-0.4, -0.2) is 19.6 Å². The summed E-state index contributed by atoms with van der Waals surface area (Å²) in [4.78, 5) is 11.9. The van der Waals surface area contributed by atoms with E-state index in [2.05, 4.69) is 10.1 Å². The average molecular weight is 319 g/mol. The van der Waals surface area contributed by atoms with Crippen LogP contribution in [0.3, 0.4) is 0 Å². The number of alkyl halides is 2. The molecule has 2 aromatic carbocycles. The van der Waals surface area contributed by atoms with Gasteiger partial charge < -0.3 is 14.8 Å². The maximum Gasteiger partial charge on any atom is 0.387 e. The van der Waals surface area contributed by atoms with Gasteiger partial charge in [-0.05, 0) is 35.9 Å². The third kappa shape index (κ3) is 5.10. The van der Waals surface area contributed by atoms with Crippen molar-refractivity contribution >= 4 is 17.7 Å². The van der Waals surface area contributed by atoms with Crippen LogP contribution in [0.5, 0.6) is 11.5 Å². The summed E-state index contributed by atoms with van der Waals surface area (Å²) in [6.07, 6.45) is 2.91. The number of carbonyl (C=O) groups excluding carboxylic acids is 1. The van der Waals surface area contributed by atoms with E-state index in [1.165, 1.54) is 25.3 Å². The smallest absolute Gasteiger partial charge is 0.387 e. The van der Waals surface area contributed by atoms with Gasteiger partial charge in [0, 0.05) is 6.08 Å². The summed E-state index contributed by atoms with van der Waals surface area (Å²) in [6, 6.07) is 13.0. The Morgan fingerprint density at radius 3 is 2.48 bits per heavy atom. The van der Waals surface area contributed by atoms with Crippen molar-refractivity contribution < 1.29 is 23.0 Å². The van der Waals surface area contributed by atoms with E-state index in [0.717, 1.165) is 0 Å². The number of anilines is 1. The van der Waals surface area contributed by atoms with Gasteiger partial charge in [-0.1, -0.05) is 24.3 Å². The Balaban J connectivity index is 1.98. The molecule has 0 radical (unpaired) electrons.